The first-order valence-corrected chi connectivity index (χ1v) is 6.67. The minimum atomic E-state index is -0.865. The first kappa shape index (κ1) is 15.4. The summed E-state index contributed by atoms with van der Waals surface area (Å²) in [6.45, 7) is 0. The number of rotatable bonds is 6. The van der Waals surface area contributed by atoms with Gasteiger partial charge >= 0.3 is 5.97 Å². The molecule has 112 valence electrons. The SMILES string of the molecule is COC(=O)[C@H](Cc1ccc(Oc2ccccc2)cc1)N=[N+]=[N-]. The smallest absolute Gasteiger partial charge is 0.314 e. The number of para-hydroxylation sites is 1. The van der Waals surface area contributed by atoms with Gasteiger partial charge in [-0.25, -0.2) is 0 Å². The van der Waals surface area contributed by atoms with Gasteiger partial charge in [0.05, 0.1) is 7.11 Å². The molecule has 0 bridgehead atoms. The van der Waals surface area contributed by atoms with E-state index in [1.807, 2.05) is 42.5 Å². The molecule has 6 heteroatoms. The highest BCUT2D eigenvalue weighted by Crippen LogP contribution is 2.21. The van der Waals surface area contributed by atoms with Gasteiger partial charge in [-0.15, -0.1) is 0 Å². The molecule has 2 aromatic rings. The van der Waals surface area contributed by atoms with Crippen LogP contribution in [0, 0.1) is 0 Å². The van der Waals surface area contributed by atoms with Gasteiger partial charge in [0.25, 0.3) is 0 Å². The number of nitrogens with zero attached hydrogens (tertiary/aromatic N) is 3. The summed E-state index contributed by atoms with van der Waals surface area (Å²) in [4.78, 5) is 14.2. The lowest BCUT2D eigenvalue weighted by atomic mass is 10.1. The van der Waals surface area contributed by atoms with E-state index < -0.39 is 12.0 Å². The van der Waals surface area contributed by atoms with Crippen molar-refractivity contribution in [1.82, 2.24) is 0 Å². The van der Waals surface area contributed by atoms with Crippen LogP contribution >= 0.6 is 0 Å². The molecule has 0 radical (unpaired) electrons. The summed E-state index contributed by atoms with van der Waals surface area (Å²) in [5.41, 5.74) is 9.35. The number of carbonyl (C=O) groups excluding carboxylic acids is 1. The maximum absolute atomic E-state index is 11.5. The Morgan fingerprint density at radius 3 is 2.36 bits per heavy atom. The molecule has 0 aliphatic carbocycles. The van der Waals surface area contributed by atoms with Gasteiger partial charge in [-0.2, -0.15) is 0 Å². The van der Waals surface area contributed by atoms with Crippen LogP contribution in [0.5, 0.6) is 11.5 Å². The van der Waals surface area contributed by atoms with Gasteiger partial charge in [0.2, 0.25) is 0 Å². The van der Waals surface area contributed by atoms with E-state index >= 15 is 0 Å². The number of hydrogen-bond acceptors (Lipinski definition) is 4. The van der Waals surface area contributed by atoms with Crippen molar-refractivity contribution in [1.29, 1.82) is 0 Å². The number of ether oxygens (including phenoxy) is 2. The quantitative estimate of drug-likeness (QED) is 0.351. The second-order valence-corrected chi connectivity index (χ2v) is 4.51. The van der Waals surface area contributed by atoms with Crippen LogP contribution in [0.25, 0.3) is 10.4 Å². The molecule has 0 aliphatic heterocycles. The minimum Gasteiger partial charge on any atom is -0.469 e. The average Bonchev–Trinajstić information content (AvgIpc) is 2.56. The Morgan fingerprint density at radius 1 is 1.14 bits per heavy atom. The summed E-state index contributed by atoms with van der Waals surface area (Å²) in [6, 6.07) is 15.8. The second kappa shape index (κ2) is 7.71. The molecule has 0 aromatic heterocycles. The summed E-state index contributed by atoms with van der Waals surface area (Å²) in [6.07, 6.45) is 0.280. The molecule has 6 nitrogen and oxygen atoms in total. The van der Waals surface area contributed by atoms with Crippen LogP contribution in [0.1, 0.15) is 5.56 Å². The van der Waals surface area contributed by atoms with Crippen molar-refractivity contribution in [2.24, 2.45) is 5.11 Å². The van der Waals surface area contributed by atoms with Crippen molar-refractivity contribution >= 4 is 5.97 Å². The van der Waals surface area contributed by atoms with Gasteiger partial charge in [-0.3, -0.25) is 4.79 Å². The number of azide groups is 1. The molecule has 2 aromatic carbocycles. The molecule has 2 rings (SSSR count). The average molecular weight is 297 g/mol. The topological polar surface area (TPSA) is 84.3 Å². The number of benzene rings is 2. The van der Waals surface area contributed by atoms with Crippen molar-refractivity contribution in [3.05, 3.63) is 70.6 Å². The van der Waals surface area contributed by atoms with Crippen LogP contribution in [-0.2, 0) is 16.0 Å². The van der Waals surface area contributed by atoms with Crippen LogP contribution in [0.3, 0.4) is 0 Å². The van der Waals surface area contributed by atoms with Crippen molar-refractivity contribution in [3.8, 4) is 11.5 Å². The summed E-state index contributed by atoms with van der Waals surface area (Å²) in [7, 11) is 1.26. The summed E-state index contributed by atoms with van der Waals surface area (Å²) < 4.78 is 10.3. The summed E-state index contributed by atoms with van der Waals surface area (Å²) in [5, 5.41) is 3.46. The molecular weight excluding hydrogens is 282 g/mol. The van der Waals surface area contributed by atoms with Crippen molar-refractivity contribution in [2.75, 3.05) is 7.11 Å². The van der Waals surface area contributed by atoms with E-state index in [4.69, 9.17) is 10.3 Å². The molecule has 1 atom stereocenters. The Morgan fingerprint density at radius 2 is 1.77 bits per heavy atom. The Bertz CT molecular complexity index is 665. The van der Waals surface area contributed by atoms with Gasteiger partial charge in [-0.1, -0.05) is 35.4 Å². The highest BCUT2D eigenvalue weighted by atomic mass is 16.5. The third-order valence-electron chi connectivity index (χ3n) is 3.00. The molecule has 0 N–H and O–H groups in total. The van der Waals surface area contributed by atoms with Crippen LogP contribution in [0.4, 0.5) is 0 Å². The van der Waals surface area contributed by atoms with Gasteiger partial charge < -0.3 is 9.47 Å². The Balaban J connectivity index is 2.05. The maximum Gasteiger partial charge on any atom is 0.314 e. The fraction of sp³-hybridized carbons (Fsp3) is 0.188. The predicted molar refractivity (Wildman–Crippen MR) is 81.6 cm³/mol. The van der Waals surface area contributed by atoms with Gasteiger partial charge in [-0.05, 0) is 41.8 Å². The summed E-state index contributed by atoms with van der Waals surface area (Å²) >= 11 is 0. The van der Waals surface area contributed by atoms with Crippen LogP contribution in [0.2, 0.25) is 0 Å². The van der Waals surface area contributed by atoms with E-state index in [1.54, 1.807) is 12.1 Å². The number of carbonyl (C=O) groups is 1. The number of hydrogen-bond donors (Lipinski definition) is 0. The lowest BCUT2D eigenvalue weighted by Crippen LogP contribution is -2.22. The lowest BCUT2D eigenvalue weighted by Gasteiger charge is -2.10. The minimum absolute atomic E-state index is 0.280. The van der Waals surface area contributed by atoms with Crippen molar-refractivity contribution in [3.63, 3.8) is 0 Å². The first-order chi connectivity index (χ1) is 10.7. The molecule has 0 aliphatic rings. The second-order valence-electron chi connectivity index (χ2n) is 4.51. The predicted octanol–water partition coefficient (Wildman–Crippen LogP) is 3.87. The molecule has 0 heterocycles. The molecule has 0 fully saturated rings. The van der Waals surface area contributed by atoms with Crippen LogP contribution in [-0.4, -0.2) is 19.1 Å². The molecule has 0 saturated heterocycles. The van der Waals surface area contributed by atoms with Gasteiger partial charge in [0, 0.05) is 4.91 Å². The lowest BCUT2D eigenvalue weighted by molar-refractivity contribution is -0.142. The number of methoxy groups -OCH3 is 1. The van der Waals surface area contributed by atoms with Crippen LogP contribution < -0.4 is 4.74 Å². The third-order valence-corrected chi connectivity index (χ3v) is 3.00. The number of esters is 1. The maximum atomic E-state index is 11.5. The standard InChI is InChI=1S/C16H15N3O3/c1-21-16(20)15(18-19-17)11-12-7-9-14(10-8-12)22-13-5-3-2-4-6-13/h2-10,15H,11H2,1H3/t15-/m0/s1. The van der Waals surface area contributed by atoms with E-state index in [0.29, 0.717) is 5.75 Å². The zero-order valence-electron chi connectivity index (χ0n) is 12.0. The normalized spacial score (nSPS) is 11.1. The van der Waals surface area contributed by atoms with Crippen LogP contribution in [0.15, 0.2) is 59.7 Å². The fourth-order valence-corrected chi connectivity index (χ4v) is 1.91. The van der Waals surface area contributed by atoms with E-state index in [1.165, 1.54) is 7.11 Å². The van der Waals surface area contributed by atoms with Gasteiger partial charge in [0.15, 0.2) is 0 Å². The zero-order valence-corrected chi connectivity index (χ0v) is 12.0. The highest BCUT2D eigenvalue weighted by Gasteiger charge is 2.17. The molecule has 22 heavy (non-hydrogen) atoms. The van der Waals surface area contributed by atoms with E-state index in [2.05, 4.69) is 14.8 Å². The van der Waals surface area contributed by atoms with E-state index in [-0.39, 0.29) is 6.42 Å². The summed E-state index contributed by atoms with van der Waals surface area (Å²) in [5.74, 6) is 0.882. The van der Waals surface area contributed by atoms with E-state index in [9.17, 15) is 4.79 Å². The monoisotopic (exact) mass is 297 g/mol. The fourth-order valence-electron chi connectivity index (χ4n) is 1.91. The Hall–Kier alpha value is -2.98. The molecule has 0 unspecified atom stereocenters. The molecule has 0 spiro atoms. The van der Waals surface area contributed by atoms with Crippen molar-refractivity contribution in [2.45, 2.75) is 12.5 Å². The zero-order chi connectivity index (χ0) is 15.8. The van der Waals surface area contributed by atoms with Crippen molar-refractivity contribution < 1.29 is 14.3 Å². The Labute approximate surface area is 127 Å². The first-order valence-electron chi connectivity index (χ1n) is 6.67. The van der Waals surface area contributed by atoms with E-state index in [0.717, 1.165) is 11.3 Å². The highest BCUT2D eigenvalue weighted by molar-refractivity contribution is 5.76. The molecular formula is C16H15N3O3. The Kier molecular flexibility index (Phi) is 5.40. The largest absolute Gasteiger partial charge is 0.469 e. The molecule has 0 saturated carbocycles. The van der Waals surface area contributed by atoms with Gasteiger partial charge in [0.1, 0.15) is 17.5 Å². The third kappa shape index (κ3) is 4.26. The molecule has 0 amide bonds.